The Morgan fingerprint density at radius 3 is 2.43 bits per heavy atom. The summed E-state index contributed by atoms with van der Waals surface area (Å²) in [5, 5.41) is 0. The van der Waals surface area contributed by atoms with Crippen molar-refractivity contribution in [3.63, 3.8) is 0 Å². The highest BCUT2D eigenvalue weighted by Gasteiger charge is 2.30. The molecule has 118 valence electrons. The Bertz CT molecular complexity index is 468. The number of alkyl halides is 3. The van der Waals surface area contributed by atoms with Crippen LogP contribution in [0.4, 0.5) is 13.2 Å². The van der Waals surface area contributed by atoms with E-state index in [1.807, 2.05) is 0 Å². The zero-order valence-corrected chi connectivity index (χ0v) is 13.7. The van der Waals surface area contributed by atoms with Gasteiger partial charge in [-0.3, -0.25) is 0 Å². The van der Waals surface area contributed by atoms with Gasteiger partial charge in [0.15, 0.2) is 0 Å². The van der Waals surface area contributed by atoms with Crippen molar-refractivity contribution in [2.75, 3.05) is 39.8 Å². The minimum atomic E-state index is -4.27. The zero-order valence-electron chi connectivity index (χ0n) is 12.1. The lowest BCUT2D eigenvalue weighted by atomic mass is 10.1. The summed E-state index contributed by atoms with van der Waals surface area (Å²) in [5.74, 6) is 0. The smallest absolute Gasteiger partial charge is 0.304 e. The topological polar surface area (TPSA) is 6.48 Å². The molecule has 0 bridgehead atoms. The monoisotopic (exact) mass is 364 g/mol. The van der Waals surface area contributed by atoms with E-state index >= 15 is 0 Å². The SMILES string of the molecule is CN1CCN(CCCc2cc(C(F)(F)F)ccc2Br)CC1. The summed E-state index contributed by atoms with van der Waals surface area (Å²) in [4.78, 5) is 4.67. The summed E-state index contributed by atoms with van der Waals surface area (Å²) in [6, 6.07) is 3.87. The van der Waals surface area contributed by atoms with E-state index < -0.39 is 11.7 Å². The summed E-state index contributed by atoms with van der Waals surface area (Å²) in [6.45, 7) is 5.15. The van der Waals surface area contributed by atoms with Crippen LogP contribution in [0.3, 0.4) is 0 Å². The van der Waals surface area contributed by atoms with E-state index in [9.17, 15) is 13.2 Å². The second kappa shape index (κ2) is 7.11. The molecule has 0 radical (unpaired) electrons. The molecule has 0 spiro atoms. The summed E-state index contributed by atoms with van der Waals surface area (Å²) in [7, 11) is 2.11. The van der Waals surface area contributed by atoms with Crippen LogP contribution in [0.25, 0.3) is 0 Å². The number of hydrogen-bond acceptors (Lipinski definition) is 2. The molecule has 21 heavy (non-hydrogen) atoms. The third-order valence-electron chi connectivity index (χ3n) is 3.89. The lowest BCUT2D eigenvalue weighted by Gasteiger charge is -2.32. The number of halogens is 4. The zero-order chi connectivity index (χ0) is 15.5. The van der Waals surface area contributed by atoms with Gasteiger partial charge in [0.25, 0.3) is 0 Å². The maximum atomic E-state index is 12.7. The third-order valence-corrected chi connectivity index (χ3v) is 4.66. The second-order valence-electron chi connectivity index (χ2n) is 5.55. The Morgan fingerprint density at radius 1 is 1.14 bits per heavy atom. The fourth-order valence-corrected chi connectivity index (χ4v) is 2.95. The van der Waals surface area contributed by atoms with Crippen LogP contribution >= 0.6 is 15.9 Å². The maximum absolute atomic E-state index is 12.7. The van der Waals surface area contributed by atoms with Gasteiger partial charge in [0.05, 0.1) is 5.56 Å². The average molecular weight is 365 g/mol. The van der Waals surface area contributed by atoms with Gasteiger partial charge >= 0.3 is 6.18 Å². The van der Waals surface area contributed by atoms with Gasteiger partial charge in [-0.1, -0.05) is 15.9 Å². The molecule has 1 aromatic rings. The van der Waals surface area contributed by atoms with Crippen LogP contribution in [0.15, 0.2) is 22.7 Å². The lowest BCUT2D eigenvalue weighted by molar-refractivity contribution is -0.137. The molecule has 1 saturated heterocycles. The summed E-state index contributed by atoms with van der Waals surface area (Å²) >= 11 is 3.34. The van der Waals surface area contributed by atoms with E-state index in [4.69, 9.17) is 0 Å². The number of hydrogen-bond donors (Lipinski definition) is 0. The van der Waals surface area contributed by atoms with Crippen LogP contribution in [-0.2, 0) is 12.6 Å². The molecular weight excluding hydrogens is 345 g/mol. The summed E-state index contributed by atoms with van der Waals surface area (Å²) in [5.41, 5.74) is 0.166. The Hall–Kier alpha value is -0.590. The number of likely N-dealkylation sites (N-methyl/N-ethyl adjacent to an activating group) is 1. The predicted molar refractivity (Wildman–Crippen MR) is 81.4 cm³/mol. The van der Waals surface area contributed by atoms with Crippen molar-refractivity contribution in [1.82, 2.24) is 9.80 Å². The molecule has 0 atom stereocenters. The first-order chi connectivity index (χ1) is 9.86. The van der Waals surface area contributed by atoms with Crippen LogP contribution < -0.4 is 0 Å². The Kier molecular flexibility index (Phi) is 5.68. The molecule has 0 saturated carbocycles. The van der Waals surface area contributed by atoms with E-state index in [0.717, 1.165) is 55.2 Å². The Balaban J connectivity index is 1.88. The molecule has 0 amide bonds. The van der Waals surface area contributed by atoms with Crippen LogP contribution in [-0.4, -0.2) is 49.6 Å². The normalized spacial score (nSPS) is 18.1. The van der Waals surface area contributed by atoms with Crippen LogP contribution in [0.1, 0.15) is 17.5 Å². The molecule has 0 N–H and O–H groups in total. The van der Waals surface area contributed by atoms with Crippen LogP contribution in [0, 0.1) is 0 Å². The average Bonchev–Trinajstić information content (AvgIpc) is 2.42. The number of piperazine rings is 1. The minimum absolute atomic E-state index is 0.569. The molecule has 6 heteroatoms. The quantitative estimate of drug-likeness (QED) is 0.804. The largest absolute Gasteiger partial charge is 0.416 e. The van der Waals surface area contributed by atoms with Gasteiger partial charge in [-0.15, -0.1) is 0 Å². The third kappa shape index (κ3) is 4.97. The highest BCUT2D eigenvalue weighted by molar-refractivity contribution is 9.10. The predicted octanol–water partition coefficient (Wildman–Crippen LogP) is 3.65. The van der Waals surface area contributed by atoms with Crippen LogP contribution in [0.5, 0.6) is 0 Å². The molecule has 2 rings (SSSR count). The van der Waals surface area contributed by atoms with Gasteiger partial charge in [0.1, 0.15) is 0 Å². The molecular formula is C15H20BrF3N2. The second-order valence-corrected chi connectivity index (χ2v) is 6.41. The molecule has 1 fully saturated rings. The number of rotatable bonds is 4. The van der Waals surface area contributed by atoms with Crippen molar-refractivity contribution in [3.05, 3.63) is 33.8 Å². The van der Waals surface area contributed by atoms with Gasteiger partial charge in [-0.05, 0) is 50.2 Å². The molecule has 0 aliphatic carbocycles. The first-order valence-corrected chi connectivity index (χ1v) is 7.92. The van der Waals surface area contributed by atoms with E-state index in [1.165, 1.54) is 12.1 Å². The van der Waals surface area contributed by atoms with Gasteiger partial charge < -0.3 is 9.80 Å². The molecule has 1 aliphatic rings. The molecule has 0 unspecified atom stereocenters. The minimum Gasteiger partial charge on any atom is -0.304 e. The van der Waals surface area contributed by atoms with Crippen molar-refractivity contribution < 1.29 is 13.2 Å². The molecule has 0 aromatic heterocycles. The van der Waals surface area contributed by atoms with Crippen molar-refractivity contribution in [1.29, 1.82) is 0 Å². The van der Waals surface area contributed by atoms with Gasteiger partial charge in [-0.2, -0.15) is 13.2 Å². The van der Waals surface area contributed by atoms with Crippen LogP contribution in [0.2, 0.25) is 0 Å². The van der Waals surface area contributed by atoms with Crippen molar-refractivity contribution in [2.45, 2.75) is 19.0 Å². The molecule has 2 nitrogen and oxygen atoms in total. The van der Waals surface area contributed by atoms with E-state index in [1.54, 1.807) is 0 Å². The van der Waals surface area contributed by atoms with Gasteiger partial charge in [0.2, 0.25) is 0 Å². The van der Waals surface area contributed by atoms with E-state index in [-0.39, 0.29) is 0 Å². The van der Waals surface area contributed by atoms with E-state index in [2.05, 4.69) is 32.8 Å². The van der Waals surface area contributed by atoms with Crippen molar-refractivity contribution in [2.24, 2.45) is 0 Å². The van der Waals surface area contributed by atoms with Crippen molar-refractivity contribution in [3.8, 4) is 0 Å². The first kappa shape index (κ1) is 16.8. The standard InChI is InChI=1S/C15H20BrF3N2/c1-20-7-9-21(10-8-20)6-2-3-12-11-13(15(17,18)19)4-5-14(12)16/h4-5,11H,2-3,6-10H2,1H3. The number of aryl methyl sites for hydroxylation is 1. The fraction of sp³-hybridized carbons (Fsp3) is 0.600. The molecule has 1 heterocycles. The van der Waals surface area contributed by atoms with Gasteiger partial charge in [-0.25, -0.2) is 0 Å². The summed E-state index contributed by atoms with van der Waals surface area (Å²) in [6.07, 6.45) is -2.73. The molecule has 1 aliphatic heterocycles. The van der Waals surface area contributed by atoms with Gasteiger partial charge in [0, 0.05) is 30.7 Å². The highest BCUT2D eigenvalue weighted by atomic mass is 79.9. The molecule has 1 aromatic carbocycles. The summed E-state index contributed by atoms with van der Waals surface area (Å²) < 4.78 is 38.9. The first-order valence-electron chi connectivity index (χ1n) is 7.13. The maximum Gasteiger partial charge on any atom is 0.416 e. The van der Waals surface area contributed by atoms with E-state index in [0.29, 0.717) is 6.42 Å². The Labute approximate surface area is 132 Å². The number of nitrogens with zero attached hydrogens (tertiary/aromatic N) is 2. The lowest BCUT2D eigenvalue weighted by Crippen LogP contribution is -2.44. The fourth-order valence-electron chi connectivity index (χ4n) is 2.51. The number of benzene rings is 1. The highest BCUT2D eigenvalue weighted by Crippen LogP contribution is 2.32. The van der Waals surface area contributed by atoms with Crippen molar-refractivity contribution >= 4 is 15.9 Å². The Morgan fingerprint density at radius 2 is 1.81 bits per heavy atom.